The Bertz CT molecular complexity index is 839. The normalized spacial score (nSPS) is 15.0. The highest BCUT2D eigenvalue weighted by atomic mass is 16.5. The molecule has 7 heteroatoms. The summed E-state index contributed by atoms with van der Waals surface area (Å²) in [5, 5.41) is 6.07. The molecule has 1 amide bonds. The van der Waals surface area contributed by atoms with Crippen molar-refractivity contribution in [3.05, 3.63) is 53.9 Å². The SMILES string of the molecule is CCOc1cc(C2=NN(C(=O)[C@H](N)Cc3cccnc3)CCC2)ccc1OC. The first-order valence-corrected chi connectivity index (χ1v) is 9.47. The van der Waals surface area contributed by atoms with Crippen LogP contribution in [0.15, 0.2) is 47.8 Å². The Hall–Kier alpha value is -2.93. The maximum absolute atomic E-state index is 12.8. The Morgan fingerprint density at radius 2 is 2.18 bits per heavy atom. The standard InChI is InChI=1S/C21H26N4O3/c1-3-28-20-13-16(8-9-19(20)27-2)18-7-5-11-25(24-18)21(26)17(22)12-15-6-4-10-23-14-15/h4,6,8-10,13-14,17H,3,5,7,11-12,22H2,1-2H3/t17-/m1/s1. The smallest absolute Gasteiger partial charge is 0.259 e. The number of hydrogen-bond donors (Lipinski definition) is 1. The molecule has 0 radical (unpaired) electrons. The average molecular weight is 382 g/mol. The number of carbonyl (C=O) groups excluding carboxylic acids is 1. The summed E-state index contributed by atoms with van der Waals surface area (Å²) in [6.07, 6.45) is 5.48. The Morgan fingerprint density at radius 1 is 1.32 bits per heavy atom. The van der Waals surface area contributed by atoms with E-state index in [0.717, 1.165) is 29.7 Å². The zero-order valence-corrected chi connectivity index (χ0v) is 16.3. The van der Waals surface area contributed by atoms with Gasteiger partial charge in [-0.25, -0.2) is 5.01 Å². The highest BCUT2D eigenvalue weighted by molar-refractivity contribution is 6.02. The maximum Gasteiger partial charge on any atom is 0.259 e. The number of aromatic nitrogens is 1. The molecule has 3 rings (SSSR count). The van der Waals surface area contributed by atoms with Gasteiger partial charge in [-0.15, -0.1) is 0 Å². The quantitative estimate of drug-likeness (QED) is 0.794. The van der Waals surface area contributed by atoms with E-state index >= 15 is 0 Å². The average Bonchev–Trinajstić information content (AvgIpc) is 2.74. The molecule has 0 fully saturated rings. The van der Waals surface area contributed by atoms with Crippen LogP contribution in [-0.4, -0.2) is 47.9 Å². The Kier molecular flexibility index (Phi) is 6.60. The first-order chi connectivity index (χ1) is 13.6. The fraction of sp³-hybridized carbons (Fsp3) is 0.381. The minimum Gasteiger partial charge on any atom is -0.493 e. The van der Waals surface area contributed by atoms with Gasteiger partial charge in [-0.1, -0.05) is 6.07 Å². The van der Waals surface area contributed by atoms with Gasteiger partial charge in [-0.3, -0.25) is 9.78 Å². The van der Waals surface area contributed by atoms with E-state index in [0.29, 0.717) is 31.1 Å². The van der Waals surface area contributed by atoms with Gasteiger partial charge >= 0.3 is 0 Å². The van der Waals surface area contributed by atoms with E-state index in [1.807, 2.05) is 37.3 Å². The molecular weight excluding hydrogens is 356 g/mol. The summed E-state index contributed by atoms with van der Waals surface area (Å²) < 4.78 is 11.0. The summed E-state index contributed by atoms with van der Waals surface area (Å²) in [6.45, 7) is 3.03. The van der Waals surface area contributed by atoms with Crippen LogP contribution >= 0.6 is 0 Å². The summed E-state index contributed by atoms with van der Waals surface area (Å²) >= 11 is 0. The molecule has 1 aliphatic rings. The number of amides is 1. The second kappa shape index (κ2) is 9.32. The van der Waals surface area contributed by atoms with Gasteiger partial charge in [0.25, 0.3) is 5.91 Å². The summed E-state index contributed by atoms with van der Waals surface area (Å²) in [4.78, 5) is 16.8. The van der Waals surface area contributed by atoms with Gasteiger partial charge < -0.3 is 15.2 Å². The highest BCUT2D eigenvalue weighted by Gasteiger charge is 2.25. The van der Waals surface area contributed by atoms with E-state index in [4.69, 9.17) is 15.2 Å². The van der Waals surface area contributed by atoms with Crippen molar-refractivity contribution in [1.82, 2.24) is 9.99 Å². The minimum atomic E-state index is -0.651. The Balaban J connectivity index is 1.77. The van der Waals surface area contributed by atoms with Crippen molar-refractivity contribution in [3.8, 4) is 11.5 Å². The van der Waals surface area contributed by atoms with Crippen molar-refractivity contribution in [2.45, 2.75) is 32.2 Å². The van der Waals surface area contributed by atoms with Crippen molar-refractivity contribution >= 4 is 11.6 Å². The topological polar surface area (TPSA) is 90.0 Å². The number of hydrogen-bond acceptors (Lipinski definition) is 6. The second-order valence-electron chi connectivity index (χ2n) is 6.58. The predicted molar refractivity (Wildman–Crippen MR) is 108 cm³/mol. The number of rotatable bonds is 7. The van der Waals surface area contributed by atoms with Gasteiger partial charge in [0.15, 0.2) is 11.5 Å². The zero-order chi connectivity index (χ0) is 19.9. The van der Waals surface area contributed by atoms with Crippen LogP contribution in [0.3, 0.4) is 0 Å². The molecule has 1 atom stereocenters. The summed E-state index contributed by atoms with van der Waals surface area (Å²) in [5.74, 6) is 1.16. The van der Waals surface area contributed by atoms with Gasteiger partial charge in [0.05, 0.1) is 25.5 Å². The van der Waals surface area contributed by atoms with Crippen LogP contribution in [0.25, 0.3) is 0 Å². The van der Waals surface area contributed by atoms with Crippen LogP contribution in [0.4, 0.5) is 0 Å². The number of ether oxygens (including phenoxy) is 2. The molecule has 1 aromatic heterocycles. The lowest BCUT2D eigenvalue weighted by Gasteiger charge is -2.26. The number of hydrazone groups is 1. The molecule has 2 aromatic rings. The molecule has 2 N–H and O–H groups in total. The summed E-state index contributed by atoms with van der Waals surface area (Å²) in [6, 6.07) is 8.80. The van der Waals surface area contributed by atoms with Gasteiger partial charge in [-0.05, 0) is 56.0 Å². The third-order valence-electron chi connectivity index (χ3n) is 4.57. The van der Waals surface area contributed by atoms with Crippen molar-refractivity contribution < 1.29 is 14.3 Å². The van der Waals surface area contributed by atoms with Crippen LogP contribution < -0.4 is 15.2 Å². The van der Waals surface area contributed by atoms with Crippen LogP contribution in [0.1, 0.15) is 30.9 Å². The number of nitrogens with two attached hydrogens (primary N) is 1. The Morgan fingerprint density at radius 3 is 2.89 bits per heavy atom. The van der Waals surface area contributed by atoms with Crippen molar-refractivity contribution in [1.29, 1.82) is 0 Å². The van der Waals surface area contributed by atoms with Crippen molar-refractivity contribution in [3.63, 3.8) is 0 Å². The molecule has 0 spiro atoms. The lowest BCUT2D eigenvalue weighted by Crippen LogP contribution is -2.44. The predicted octanol–water partition coefficient (Wildman–Crippen LogP) is 2.39. The number of benzene rings is 1. The molecule has 0 saturated carbocycles. The maximum atomic E-state index is 12.8. The molecule has 1 aromatic carbocycles. The van der Waals surface area contributed by atoms with Gasteiger partial charge in [0, 0.05) is 24.5 Å². The largest absolute Gasteiger partial charge is 0.493 e. The van der Waals surface area contributed by atoms with Crippen molar-refractivity contribution in [2.75, 3.05) is 20.3 Å². The molecule has 148 valence electrons. The zero-order valence-electron chi connectivity index (χ0n) is 16.3. The first kappa shape index (κ1) is 19.8. The number of pyridine rings is 1. The summed E-state index contributed by atoms with van der Waals surface area (Å²) in [7, 11) is 1.61. The monoisotopic (exact) mass is 382 g/mol. The molecule has 7 nitrogen and oxygen atoms in total. The molecule has 28 heavy (non-hydrogen) atoms. The molecule has 2 heterocycles. The number of nitrogens with zero attached hydrogens (tertiary/aromatic N) is 3. The van der Waals surface area contributed by atoms with E-state index < -0.39 is 6.04 Å². The van der Waals surface area contributed by atoms with Crippen molar-refractivity contribution in [2.24, 2.45) is 10.8 Å². The third-order valence-corrected chi connectivity index (χ3v) is 4.57. The van der Waals surface area contributed by atoms with Crippen LogP contribution in [0, 0.1) is 0 Å². The fourth-order valence-corrected chi connectivity index (χ4v) is 3.18. The highest BCUT2D eigenvalue weighted by Crippen LogP contribution is 2.29. The van der Waals surface area contributed by atoms with Gasteiger partial charge in [0.2, 0.25) is 0 Å². The van der Waals surface area contributed by atoms with Crippen LogP contribution in [-0.2, 0) is 11.2 Å². The second-order valence-corrected chi connectivity index (χ2v) is 6.58. The van der Waals surface area contributed by atoms with E-state index in [-0.39, 0.29) is 5.91 Å². The molecule has 0 saturated heterocycles. The number of carbonyl (C=O) groups is 1. The lowest BCUT2D eigenvalue weighted by molar-refractivity contribution is -0.132. The first-order valence-electron chi connectivity index (χ1n) is 9.47. The molecule has 0 bridgehead atoms. The summed E-state index contributed by atoms with van der Waals surface area (Å²) in [5.41, 5.74) is 8.84. The lowest BCUT2D eigenvalue weighted by atomic mass is 10.0. The minimum absolute atomic E-state index is 0.181. The molecular formula is C21H26N4O3. The Labute approximate surface area is 165 Å². The van der Waals surface area contributed by atoms with Crippen LogP contribution in [0.5, 0.6) is 11.5 Å². The van der Waals surface area contributed by atoms with E-state index in [1.165, 1.54) is 5.01 Å². The fourth-order valence-electron chi connectivity index (χ4n) is 3.18. The van der Waals surface area contributed by atoms with Gasteiger partial charge in [-0.2, -0.15) is 5.10 Å². The molecule has 0 unspecified atom stereocenters. The van der Waals surface area contributed by atoms with E-state index in [2.05, 4.69) is 10.1 Å². The van der Waals surface area contributed by atoms with E-state index in [1.54, 1.807) is 19.5 Å². The third kappa shape index (κ3) is 4.67. The molecule has 1 aliphatic heterocycles. The number of methoxy groups -OCH3 is 1. The van der Waals surface area contributed by atoms with Crippen LogP contribution in [0.2, 0.25) is 0 Å². The molecule has 0 aliphatic carbocycles. The van der Waals surface area contributed by atoms with Gasteiger partial charge in [0.1, 0.15) is 0 Å². The van der Waals surface area contributed by atoms with E-state index in [9.17, 15) is 4.79 Å².